The molecule has 0 atom stereocenters. The van der Waals surface area contributed by atoms with Gasteiger partial charge in [0.25, 0.3) is 5.91 Å². The van der Waals surface area contributed by atoms with E-state index in [1.807, 2.05) is 24.8 Å². The van der Waals surface area contributed by atoms with Crippen LogP contribution in [0.25, 0.3) is 0 Å². The van der Waals surface area contributed by atoms with Crippen molar-refractivity contribution in [2.24, 2.45) is 0 Å². The summed E-state index contributed by atoms with van der Waals surface area (Å²) in [4.78, 5) is 29.7. The first kappa shape index (κ1) is 17.6. The van der Waals surface area contributed by atoms with Crippen LogP contribution in [0.4, 0.5) is 11.8 Å². The zero-order valence-corrected chi connectivity index (χ0v) is 16.0. The molecule has 0 bridgehead atoms. The summed E-state index contributed by atoms with van der Waals surface area (Å²) in [6.07, 6.45) is 3.28. The number of hydrogen-bond acceptors (Lipinski definition) is 6. The van der Waals surface area contributed by atoms with Crippen molar-refractivity contribution >= 4 is 33.6 Å². The number of hydrogen-bond donors (Lipinski definition) is 1. The van der Waals surface area contributed by atoms with Gasteiger partial charge in [-0.2, -0.15) is 4.98 Å². The smallest absolute Gasteiger partial charge is 0.255 e. The number of carbonyl (C=O) groups is 1. The Balaban J connectivity index is 1.66. The van der Waals surface area contributed by atoms with Gasteiger partial charge in [-0.15, -0.1) is 0 Å². The molecule has 0 unspecified atom stereocenters. The molecular weight excluding hydrogens is 384 g/mol. The maximum atomic E-state index is 12.6. The molecule has 1 aliphatic heterocycles. The molecule has 2 aromatic rings. The third kappa shape index (κ3) is 4.25. The second kappa shape index (κ2) is 7.77. The van der Waals surface area contributed by atoms with E-state index in [-0.39, 0.29) is 5.91 Å². The molecule has 2 aromatic heterocycles. The number of anilines is 2. The first-order valence-corrected chi connectivity index (χ1v) is 9.10. The molecule has 1 fully saturated rings. The van der Waals surface area contributed by atoms with E-state index >= 15 is 0 Å². The van der Waals surface area contributed by atoms with E-state index in [0.717, 1.165) is 22.5 Å². The standard InChI is InChI=1S/C17H21BrN6O/c1-3-20-15-8-12(2)21-17(22-15)24-6-4-23(5-7-24)16(25)13-9-14(18)11-19-10-13/h8-11H,3-7H2,1-2H3,(H,20,21,22). The molecule has 3 heterocycles. The van der Waals surface area contributed by atoms with Crippen LogP contribution in [0.2, 0.25) is 0 Å². The van der Waals surface area contributed by atoms with Crippen LogP contribution in [0, 0.1) is 6.92 Å². The highest BCUT2D eigenvalue weighted by atomic mass is 79.9. The Bertz CT molecular complexity index is 761. The molecule has 1 amide bonds. The van der Waals surface area contributed by atoms with Gasteiger partial charge in [0.05, 0.1) is 5.56 Å². The fourth-order valence-corrected chi connectivity index (χ4v) is 3.15. The predicted octanol–water partition coefficient (Wildman–Crippen LogP) is 2.34. The Morgan fingerprint density at radius 3 is 2.64 bits per heavy atom. The monoisotopic (exact) mass is 404 g/mol. The summed E-state index contributed by atoms with van der Waals surface area (Å²) in [5, 5.41) is 3.23. The number of carbonyl (C=O) groups excluding carboxylic acids is 1. The van der Waals surface area contributed by atoms with E-state index in [1.54, 1.807) is 18.5 Å². The van der Waals surface area contributed by atoms with Crippen molar-refractivity contribution in [3.05, 3.63) is 40.3 Å². The molecular formula is C17H21BrN6O. The molecule has 0 radical (unpaired) electrons. The highest BCUT2D eigenvalue weighted by Crippen LogP contribution is 2.17. The zero-order valence-electron chi connectivity index (χ0n) is 14.4. The first-order chi connectivity index (χ1) is 12.1. The van der Waals surface area contributed by atoms with E-state index in [9.17, 15) is 4.79 Å². The first-order valence-electron chi connectivity index (χ1n) is 8.31. The van der Waals surface area contributed by atoms with Crippen LogP contribution in [0.5, 0.6) is 0 Å². The molecule has 0 aliphatic carbocycles. The van der Waals surface area contributed by atoms with Gasteiger partial charge >= 0.3 is 0 Å². The number of amides is 1. The molecule has 0 saturated carbocycles. The highest BCUT2D eigenvalue weighted by Gasteiger charge is 2.24. The van der Waals surface area contributed by atoms with E-state index in [2.05, 4.69) is 41.1 Å². The number of pyridine rings is 1. The van der Waals surface area contributed by atoms with Crippen molar-refractivity contribution in [3.63, 3.8) is 0 Å². The lowest BCUT2D eigenvalue weighted by molar-refractivity contribution is 0.0745. The van der Waals surface area contributed by atoms with Crippen LogP contribution < -0.4 is 10.2 Å². The van der Waals surface area contributed by atoms with Crippen molar-refractivity contribution in [2.45, 2.75) is 13.8 Å². The van der Waals surface area contributed by atoms with Crippen LogP contribution in [0.15, 0.2) is 29.0 Å². The third-order valence-corrected chi connectivity index (χ3v) is 4.44. The van der Waals surface area contributed by atoms with E-state index in [0.29, 0.717) is 37.7 Å². The maximum absolute atomic E-state index is 12.6. The lowest BCUT2D eigenvalue weighted by Crippen LogP contribution is -2.49. The molecule has 3 rings (SSSR count). The van der Waals surface area contributed by atoms with Crippen molar-refractivity contribution in [2.75, 3.05) is 42.9 Å². The second-order valence-electron chi connectivity index (χ2n) is 5.90. The summed E-state index contributed by atoms with van der Waals surface area (Å²) in [6, 6.07) is 3.74. The zero-order chi connectivity index (χ0) is 17.8. The van der Waals surface area contributed by atoms with Gasteiger partial charge in [-0.1, -0.05) is 0 Å². The van der Waals surface area contributed by atoms with Crippen LogP contribution >= 0.6 is 15.9 Å². The number of piperazine rings is 1. The lowest BCUT2D eigenvalue weighted by atomic mass is 10.2. The van der Waals surface area contributed by atoms with Crippen molar-refractivity contribution < 1.29 is 4.79 Å². The van der Waals surface area contributed by atoms with Crippen LogP contribution in [0.3, 0.4) is 0 Å². The van der Waals surface area contributed by atoms with Gasteiger partial charge in [-0.25, -0.2) is 4.98 Å². The van der Waals surface area contributed by atoms with Gasteiger partial charge in [-0.05, 0) is 35.8 Å². The average Bonchev–Trinajstić information content (AvgIpc) is 2.61. The van der Waals surface area contributed by atoms with Crippen LogP contribution in [-0.4, -0.2) is 58.5 Å². The molecule has 0 aromatic carbocycles. The molecule has 1 aliphatic rings. The summed E-state index contributed by atoms with van der Waals surface area (Å²) >= 11 is 3.36. The topological polar surface area (TPSA) is 74.2 Å². The quantitative estimate of drug-likeness (QED) is 0.842. The number of aryl methyl sites for hydroxylation is 1. The Morgan fingerprint density at radius 1 is 1.20 bits per heavy atom. The minimum absolute atomic E-state index is 0.00643. The van der Waals surface area contributed by atoms with Gasteiger partial charge in [-0.3, -0.25) is 9.78 Å². The summed E-state index contributed by atoms with van der Waals surface area (Å²) < 4.78 is 0.807. The predicted molar refractivity (Wildman–Crippen MR) is 101 cm³/mol. The molecule has 1 N–H and O–H groups in total. The Labute approximate surface area is 155 Å². The summed E-state index contributed by atoms with van der Waals surface area (Å²) in [5.74, 6) is 1.56. The Hall–Kier alpha value is -2.22. The molecule has 0 spiro atoms. The molecule has 25 heavy (non-hydrogen) atoms. The number of halogens is 1. The minimum atomic E-state index is 0.00643. The third-order valence-electron chi connectivity index (χ3n) is 4.00. The van der Waals surface area contributed by atoms with Gasteiger partial charge in [0, 0.05) is 61.4 Å². The Morgan fingerprint density at radius 2 is 1.96 bits per heavy atom. The normalized spacial score (nSPS) is 14.5. The maximum Gasteiger partial charge on any atom is 0.255 e. The van der Waals surface area contributed by atoms with E-state index in [4.69, 9.17) is 0 Å². The minimum Gasteiger partial charge on any atom is -0.370 e. The second-order valence-corrected chi connectivity index (χ2v) is 6.81. The van der Waals surface area contributed by atoms with Crippen LogP contribution in [0.1, 0.15) is 23.0 Å². The number of nitrogens with zero attached hydrogens (tertiary/aromatic N) is 5. The number of nitrogens with one attached hydrogen (secondary N) is 1. The summed E-state index contributed by atoms with van der Waals surface area (Å²) in [6.45, 7) is 7.52. The lowest BCUT2D eigenvalue weighted by Gasteiger charge is -2.35. The van der Waals surface area contributed by atoms with Gasteiger partial charge in [0.1, 0.15) is 5.82 Å². The van der Waals surface area contributed by atoms with Crippen LogP contribution in [-0.2, 0) is 0 Å². The average molecular weight is 405 g/mol. The molecule has 132 valence electrons. The molecule has 7 nitrogen and oxygen atoms in total. The van der Waals surface area contributed by atoms with Gasteiger partial charge in [0.15, 0.2) is 0 Å². The molecule has 8 heteroatoms. The number of aromatic nitrogens is 3. The fraction of sp³-hybridized carbons (Fsp3) is 0.412. The fourth-order valence-electron chi connectivity index (χ4n) is 2.79. The Kier molecular flexibility index (Phi) is 5.47. The van der Waals surface area contributed by atoms with E-state index in [1.165, 1.54) is 0 Å². The summed E-state index contributed by atoms with van der Waals surface area (Å²) in [7, 11) is 0. The highest BCUT2D eigenvalue weighted by molar-refractivity contribution is 9.10. The largest absolute Gasteiger partial charge is 0.370 e. The summed E-state index contributed by atoms with van der Waals surface area (Å²) in [5.41, 5.74) is 1.53. The SMILES string of the molecule is CCNc1cc(C)nc(N2CCN(C(=O)c3cncc(Br)c3)CC2)n1. The number of rotatable bonds is 4. The molecule has 1 saturated heterocycles. The van der Waals surface area contributed by atoms with E-state index < -0.39 is 0 Å². The van der Waals surface area contributed by atoms with Gasteiger partial charge < -0.3 is 15.1 Å². The van der Waals surface area contributed by atoms with Crippen molar-refractivity contribution in [3.8, 4) is 0 Å². The van der Waals surface area contributed by atoms with Gasteiger partial charge in [0.2, 0.25) is 5.95 Å². The van der Waals surface area contributed by atoms with Crippen molar-refractivity contribution in [1.29, 1.82) is 0 Å². The van der Waals surface area contributed by atoms with Crippen molar-refractivity contribution in [1.82, 2.24) is 19.9 Å².